The van der Waals surface area contributed by atoms with Crippen molar-refractivity contribution in [1.29, 1.82) is 0 Å². The lowest BCUT2D eigenvalue weighted by Crippen LogP contribution is -2.46. The van der Waals surface area contributed by atoms with Crippen molar-refractivity contribution >= 4 is 5.69 Å². The van der Waals surface area contributed by atoms with Crippen LogP contribution in [0.15, 0.2) is 36.7 Å². The van der Waals surface area contributed by atoms with Gasteiger partial charge in [-0.2, -0.15) is 0 Å². The van der Waals surface area contributed by atoms with Crippen molar-refractivity contribution in [3.05, 3.63) is 48.8 Å². The first kappa shape index (κ1) is 7.74. The maximum Gasteiger partial charge on any atom is 0.176 e. The molecule has 0 spiro atoms. The molecule has 2 N–H and O–H groups in total. The summed E-state index contributed by atoms with van der Waals surface area (Å²) >= 11 is 0. The molecule has 0 unspecified atom stereocenters. The molecule has 2 aliphatic heterocycles. The standard InChI is InChI=1S/C11H11N3/c1-2-4-10-9(3-1)5-8-14(10)11-12-6-7-13-11/h1-4,6-7,11-13H,5H2. The van der Waals surface area contributed by atoms with Gasteiger partial charge in [0.25, 0.3) is 0 Å². The summed E-state index contributed by atoms with van der Waals surface area (Å²) in [6.45, 7) is 3.33. The molecule has 1 aromatic carbocycles. The average Bonchev–Trinajstić information content (AvgIpc) is 2.85. The van der Waals surface area contributed by atoms with Crippen LogP contribution in [-0.2, 0) is 6.42 Å². The van der Waals surface area contributed by atoms with E-state index in [0.717, 1.165) is 6.42 Å². The number of nitrogens with zero attached hydrogens (tertiary/aromatic N) is 1. The third kappa shape index (κ3) is 1.05. The van der Waals surface area contributed by atoms with Crippen LogP contribution in [0.25, 0.3) is 0 Å². The number of nitrogens with one attached hydrogen (secondary N) is 2. The summed E-state index contributed by atoms with van der Waals surface area (Å²) < 4.78 is 0. The normalized spacial score (nSPS) is 19.3. The van der Waals surface area contributed by atoms with Crippen LogP contribution in [0.2, 0.25) is 0 Å². The Balaban J connectivity index is 1.90. The van der Waals surface area contributed by atoms with Crippen LogP contribution >= 0.6 is 0 Å². The molecule has 3 nitrogen and oxygen atoms in total. The number of benzene rings is 1. The molecular formula is C11H11N3. The number of hydrogen-bond acceptors (Lipinski definition) is 3. The molecule has 0 fully saturated rings. The number of hydrogen-bond donors (Lipinski definition) is 2. The SMILES string of the molecule is [C]1Cc2ccccc2N1C1NC=CN1. The Bertz CT molecular complexity index is 365. The number of rotatable bonds is 1. The zero-order chi connectivity index (χ0) is 9.38. The second-order valence-corrected chi connectivity index (χ2v) is 3.40. The zero-order valence-corrected chi connectivity index (χ0v) is 7.70. The van der Waals surface area contributed by atoms with Gasteiger partial charge in [-0.05, 0) is 11.6 Å². The molecule has 0 amide bonds. The quantitative estimate of drug-likeness (QED) is 0.684. The van der Waals surface area contributed by atoms with Gasteiger partial charge in [-0.25, -0.2) is 0 Å². The van der Waals surface area contributed by atoms with Crippen molar-refractivity contribution in [2.24, 2.45) is 0 Å². The molecule has 0 aliphatic carbocycles. The lowest BCUT2D eigenvalue weighted by Gasteiger charge is -2.26. The zero-order valence-electron chi connectivity index (χ0n) is 7.70. The summed E-state index contributed by atoms with van der Waals surface area (Å²) in [5.41, 5.74) is 2.57. The van der Waals surface area contributed by atoms with Crippen molar-refractivity contribution < 1.29 is 0 Å². The van der Waals surface area contributed by atoms with E-state index in [1.54, 1.807) is 0 Å². The Hall–Kier alpha value is -1.64. The predicted octanol–water partition coefficient (Wildman–Crippen LogP) is 1.04. The second kappa shape index (κ2) is 2.94. The van der Waals surface area contributed by atoms with Gasteiger partial charge in [-0.3, -0.25) is 0 Å². The van der Waals surface area contributed by atoms with E-state index in [-0.39, 0.29) is 6.29 Å². The maximum absolute atomic E-state index is 3.33. The highest BCUT2D eigenvalue weighted by Gasteiger charge is 2.26. The molecule has 3 heteroatoms. The molecule has 14 heavy (non-hydrogen) atoms. The van der Waals surface area contributed by atoms with Gasteiger partial charge in [0.15, 0.2) is 6.29 Å². The highest BCUT2D eigenvalue weighted by Crippen LogP contribution is 2.30. The molecule has 0 bridgehead atoms. The van der Waals surface area contributed by atoms with Crippen LogP contribution in [0.5, 0.6) is 0 Å². The van der Waals surface area contributed by atoms with E-state index < -0.39 is 0 Å². The lowest BCUT2D eigenvalue weighted by molar-refractivity contribution is 0.563. The first-order chi connectivity index (χ1) is 6.95. The fourth-order valence-corrected chi connectivity index (χ4v) is 1.86. The van der Waals surface area contributed by atoms with Crippen LogP contribution < -0.4 is 15.5 Å². The molecule has 0 saturated heterocycles. The monoisotopic (exact) mass is 185 g/mol. The Labute approximate surface area is 83.4 Å². The van der Waals surface area contributed by atoms with Crippen molar-refractivity contribution in [3.8, 4) is 0 Å². The summed E-state index contributed by atoms with van der Waals surface area (Å²) in [6, 6.07) is 8.39. The first-order valence-electron chi connectivity index (χ1n) is 4.73. The third-order valence-electron chi connectivity index (χ3n) is 2.54. The maximum atomic E-state index is 3.33. The Morgan fingerprint density at radius 1 is 1.21 bits per heavy atom. The summed E-state index contributed by atoms with van der Waals surface area (Å²) in [5, 5.41) is 6.42. The first-order valence-corrected chi connectivity index (χ1v) is 4.73. The van der Waals surface area contributed by atoms with Gasteiger partial charge in [-0.1, -0.05) is 18.2 Å². The minimum absolute atomic E-state index is 0.124. The molecule has 2 aliphatic rings. The Kier molecular flexibility index (Phi) is 1.63. The largest absolute Gasteiger partial charge is 0.353 e. The molecule has 70 valence electrons. The van der Waals surface area contributed by atoms with E-state index in [9.17, 15) is 0 Å². The van der Waals surface area contributed by atoms with Gasteiger partial charge < -0.3 is 15.5 Å². The number of anilines is 1. The lowest BCUT2D eigenvalue weighted by atomic mass is 10.2. The van der Waals surface area contributed by atoms with E-state index in [1.165, 1.54) is 11.3 Å². The van der Waals surface area contributed by atoms with E-state index in [4.69, 9.17) is 0 Å². The summed E-state index contributed by atoms with van der Waals surface area (Å²) in [7, 11) is 0. The molecule has 3 rings (SSSR count). The van der Waals surface area contributed by atoms with Crippen molar-refractivity contribution in [1.82, 2.24) is 10.6 Å². The van der Waals surface area contributed by atoms with Gasteiger partial charge in [0, 0.05) is 24.5 Å². The fourth-order valence-electron chi connectivity index (χ4n) is 1.86. The van der Waals surface area contributed by atoms with Crippen LogP contribution in [-0.4, -0.2) is 6.29 Å². The fraction of sp³-hybridized carbons (Fsp3) is 0.182. The molecule has 0 saturated carbocycles. The summed E-state index contributed by atoms with van der Waals surface area (Å²) in [6.07, 6.45) is 4.84. The van der Waals surface area contributed by atoms with E-state index in [1.807, 2.05) is 12.4 Å². The van der Waals surface area contributed by atoms with Crippen LogP contribution in [0.1, 0.15) is 5.56 Å². The smallest absolute Gasteiger partial charge is 0.176 e. The summed E-state index contributed by atoms with van der Waals surface area (Å²) in [4.78, 5) is 2.11. The molecule has 0 aromatic heterocycles. The van der Waals surface area contributed by atoms with Crippen LogP contribution in [0.4, 0.5) is 5.69 Å². The average molecular weight is 185 g/mol. The van der Waals surface area contributed by atoms with E-state index >= 15 is 0 Å². The van der Waals surface area contributed by atoms with Gasteiger partial charge in [0.05, 0.1) is 6.54 Å². The van der Waals surface area contributed by atoms with E-state index in [2.05, 4.69) is 46.3 Å². The Morgan fingerprint density at radius 2 is 2.00 bits per heavy atom. The van der Waals surface area contributed by atoms with Crippen LogP contribution in [0, 0.1) is 6.54 Å². The Morgan fingerprint density at radius 3 is 2.86 bits per heavy atom. The van der Waals surface area contributed by atoms with Crippen molar-refractivity contribution in [2.45, 2.75) is 12.7 Å². The van der Waals surface area contributed by atoms with Crippen LogP contribution in [0.3, 0.4) is 0 Å². The molecule has 1 aromatic rings. The van der Waals surface area contributed by atoms with E-state index in [0.29, 0.717) is 0 Å². The van der Waals surface area contributed by atoms with Gasteiger partial charge in [0.2, 0.25) is 0 Å². The molecule has 2 radical (unpaired) electrons. The highest BCUT2D eigenvalue weighted by molar-refractivity contribution is 5.61. The third-order valence-corrected chi connectivity index (χ3v) is 2.54. The predicted molar refractivity (Wildman–Crippen MR) is 55.1 cm³/mol. The van der Waals surface area contributed by atoms with Gasteiger partial charge in [-0.15, -0.1) is 0 Å². The minimum Gasteiger partial charge on any atom is -0.353 e. The summed E-state index contributed by atoms with van der Waals surface area (Å²) in [5.74, 6) is 0. The number of fused-ring (bicyclic) bond motifs is 1. The van der Waals surface area contributed by atoms with Crippen molar-refractivity contribution in [3.63, 3.8) is 0 Å². The molecule has 2 heterocycles. The second-order valence-electron chi connectivity index (χ2n) is 3.40. The van der Waals surface area contributed by atoms with Gasteiger partial charge in [0.1, 0.15) is 0 Å². The van der Waals surface area contributed by atoms with Gasteiger partial charge >= 0.3 is 0 Å². The molecule has 0 atom stereocenters. The topological polar surface area (TPSA) is 27.3 Å². The van der Waals surface area contributed by atoms with Crippen molar-refractivity contribution in [2.75, 3.05) is 4.90 Å². The minimum atomic E-state index is 0.124. The molecular weight excluding hydrogens is 174 g/mol. The highest BCUT2D eigenvalue weighted by atomic mass is 15.4. The number of para-hydroxylation sites is 1.